The fraction of sp³-hybridized carbons (Fsp3) is 0.250. The molecule has 0 radical (unpaired) electrons. The highest BCUT2D eigenvalue weighted by Crippen LogP contribution is 2.29. The van der Waals surface area contributed by atoms with E-state index >= 15 is 0 Å². The minimum Gasteiger partial charge on any atom is -0.477 e. The number of aryl methyl sites for hydroxylation is 3. The van der Waals surface area contributed by atoms with E-state index in [0.717, 1.165) is 46.1 Å². The fourth-order valence-electron chi connectivity index (χ4n) is 4.28. The third-order valence-corrected chi connectivity index (χ3v) is 6.13. The Hall–Kier alpha value is -3.37. The molecule has 4 rings (SSSR count). The van der Waals surface area contributed by atoms with Crippen molar-refractivity contribution in [1.82, 2.24) is 9.88 Å². The number of nitrogens with zero attached hydrogens (tertiary/aromatic N) is 1. The maximum Gasteiger partial charge on any atom is 0.352 e. The Morgan fingerprint density at radius 2 is 1.66 bits per heavy atom. The van der Waals surface area contributed by atoms with Crippen LogP contribution >= 0.6 is 0 Å². The van der Waals surface area contributed by atoms with Crippen LogP contribution in [0.5, 0.6) is 0 Å². The van der Waals surface area contributed by atoms with Gasteiger partial charge in [0.15, 0.2) is 0 Å². The summed E-state index contributed by atoms with van der Waals surface area (Å²) in [6.07, 6.45) is 0.906. The maximum absolute atomic E-state index is 12.4. The van der Waals surface area contributed by atoms with Crippen molar-refractivity contribution in [3.8, 4) is 0 Å². The van der Waals surface area contributed by atoms with E-state index in [4.69, 9.17) is 0 Å². The van der Waals surface area contributed by atoms with Crippen molar-refractivity contribution in [1.29, 1.82) is 0 Å². The monoisotopic (exact) mass is 426 g/mol. The second-order valence-corrected chi connectivity index (χ2v) is 8.58. The fourth-order valence-corrected chi connectivity index (χ4v) is 4.28. The number of benzene rings is 3. The predicted octanol–water partition coefficient (Wildman–Crippen LogP) is 5.65. The van der Waals surface area contributed by atoms with Gasteiger partial charge < -0.3 is 15.0 Å². The van der Waals surface area contributed by atoms with Crippen LogP contribution in [0, 0.1) is 20.8 Å². The standard InChI is InChI=1S/C28H30N2O2/c1-19-8-11-22(12-9-19)14-15-29-17-25-24-13-10-20(2)16-26(24)30(27(25)28(31)32)18-23-7-5-4-6-21(23)3/h4-13,16,29H,14-15,17-18H2,1-3H3,(H,31,32). The molecule has 0 fully saturated rings. The van der Waals surface area contributed by atoms with Crippen molar-refractivity contribution in [2.24, 2.45) is 0 Å². The summed E-state index contributed by atoms with van der Waals surface area (Å²) in [5, 5.41) is 14.7. The Labute approximate surface area is 189 Å². The molecule has 0 unspecified atom stereocenters. The normalized spacial score (nSPS) is 11.2. The molecule has 4 heteroatoms. The lowest BCUT2D eigenvalue weighted by Gasteiger charge is -2.12. The van der Waals surface area contributed by atoms with Crippen molar-refractivity contribution in [2.45, 2.75) is 40.3 Å². The van der Waals surface area contributed by atoms with Crippen molar-refractivity contribution >= 4 is 16.9 Å². The summed E-state index contributed by atoms with van der Waals surface area (Å²) in [6.45, 7) is 8.05. The third kappa shape index (κ3) is 4.61. The molecule has 4 nitrogen and oxygen atoms in total. The summed E-state index contributed by atoms with van der Waals surface area (Å²) in [7, 11) is 0. The summed E-state index contributed by atoms with van der Waals surface area (Å²) in [4.78, 5) is 12.4. The van der Waals surface area contributed by atoms with Crippen molar-refractivity contribution in [3.05, 3.63) is 106 Å². The van der Waals surface area contributed by atoms with Crippen LogP contribution in [0.15, 0.2) is 66.7 Å². The molecular formula is C28H30N2O2. The number of nitrogens with one attached hydrogen (secondary N) is 1. The van der Waals surface area contributed by atoms with Crippen LogP contribution in [0.1, 0.15) is 43.9 Å². The molecule has 164 valence electrons. The highest BCUT2D eigenvalue weighted by Gasteiger charge is 2.22. The summed E-state index contributed by atoms with van der Waals surface area (Å²) < 4.78 is 1.96. The molecule has 1 aromatic heterocycles. The lowest BCUT2D eigenvalue weighted by molar-refractivity contribution is 0.0684. The minimum absolute atomic E-state index is 0.372. The van der Waals surface area contributed by atoms with Gasteiger partial charge in [-0.3, -0.25) is 0 Å². The van der Waals surface area contributed by atoms with Gasteiger partial charge in [0.25, 0.3) is 0 Å². The number of fused-ring (bicyclic) bond motifs is 1. The Balaban J connectivity index is 1.65. The van der Waals surface area contributed by atoms with Gasteiger partial charge >= 0.3 is 5.97 Å². The van der Waals surface area contributed by atoms with Gasteiger partial charge in [0, 0.05) is 29.6 Å². The Morgan fingerprint density at radius 3 is 2.38 bits per heavy atom. The van der Waals surface area contributed by atoms with Gasteiger partial charge in [-0.05, 0) is 62.1 Å². The van der Waals surface area contributed by atoms with Crippen LogP contribution in [0.2, 0.25) is 0 Å². The minimum atomic E-state index is -0.886. The van der Waals surface area contributed by atoms with Crippen molar-refractivity contribution in [2.75, 3.05) is 6.54 Å². The van der Waals surface area contributed by atoms with Gasteiger partial charge in [0.05, 0.1) is 0 Å². The van der Waals surface area contributed by atoms with Gasteiger partial charge in [-0.1, -0.05) is 66.2 Å². The first kappa shape index (κ1) is 21.8. The highest BCUT2D eigenvalue weighted by molar-refractivity contribution is 5.98. The van der Waals surface area contributed by atoms with E-state index in [2.05, 4.69) is 73.8 Å². The Bertz CT molecular complexity index is 1250. The lowest BCUT2D eigenvalue weighted by Crippen LogP contribution is -2.19. The SMILES string of the molecule is Cc1ccc(CCNCc2c(C(=O)O)n(Cc3ccccc3C)c3cc(C)ccc23)cc1. The molecule has 2 N–H and O–H groups in total. The second kappa shape index (κ2) is 9.41. The Kier molecular flexibility index (Phi) is 6.42. The van der Waals surface area contributed by atoms with Crippen molar-refractivity contribution in [3.63, 3.8) is 0 Å². The second-order valence-electron chi connectivity index (χ2n) is 8.58. The number of rotatable bonds is 8. The smallest absolute Gasteiger partial charge is 0.352 e. The number of aromatic nitrogens is 1. The number of hydrogen-bond donors (Lipinski definition) is 2. The average Bonchev–Trinajstić information content (AvgIpc) is 3.07. The van der Waals surface area contributed by atoms with E-state index < -0.39 is 5.97 Å². The molecular weight excluding hydrogens is 396 g/mol. The first-order valence-corrected chi connectivity index (χ1v) is 11.1. The summed E-state index contributed by atoms with van der Waals surface area (Å²) in [6, 6.07) is 22.9. The number of carbonyl (C=O) groups is 1. The number of hydrogen-bond acceptors (Lipinski definition) is 2. The van der Waals surface area contributed by atoms with Crippen LogP contribution in [0.25, 0.3) is 10.9 Å². The number of carboxylic acid groups (broad SMARTS) is 1. The number of aromatic carboxylic acids is 1. The van der Waals surface area contributed by atoms with E-state index in [1.807, 2.05) is 23.6 Å². The van der Waals surface area contributed by atoms with E-state index in [1.54, 1.807) is 0 Å². The van der Waals surface area contributed by atoms with Gasteiger partial charge in [0.2, 0.25) is 0 Å². The van der Waals surface area contributed by atoms with E-state index in [-0.39, 0.29) is 0 Å². The zero-order chi connectivity index (χ0) is 22.7. The summed E-state index contributed by atoms with van der Waals surface area (Å²) >= 11 is 0. The molecule has 0 atom stereocenters. The molecule has 0 aliphatic heterocycles. The summed E-state index contributed by atoms with van der Waals surface area (Å²) in [5.41, 5.74) is 8.15. The van der Waals surface area contributed by atoms with E-state index in [0.29, 0.717) is 18.8 Å². The first-order chi connectivity index (χ1) is 15.4. The lowest BCUT2D eigenvalue weighted by atomic mass is 10.1. The van der Waals surface area contributed by atoms with E-state index in [9.17, 15) is 9.90 Å². The highest BCUT2D eigenvalue weighted by atomic mass is 16.4. The summed E-state index contributed by atoms with van der Waals surface area (Å²) in [5.74, 6) is -0.886. The molecule has 0 spiro atoms. The van der Waals surface area contributed by atoms with Crippen LogP contribution in [0.3, 0.4) is 0 Å². The zero-order valence-electron chi connectivity index (χ0n) is 19.0. The first-order valence-electron chi connectivity index (χ1n) is 11.1. The topological polar surface area (TPSA) is 54.3 Å². The molecule has 32 heavy (non-hydrogen) atoms. The molecule has 4 aromatic rings. The molecule has 0 aliphatic carbocycles. The molecule has 0 saturated carbocycles. The average molecular weight is 427 g/mol. The van der Waals surface area contributed by atoms with Gasteiger partial charge in [-0.25, -0.2) is 4.79 Å². The Morgan fingerprint density at radius 1 is 0.938 bits per heavy atom. The molecule has 0 aliphatic rings. The predicted molar refractivity (Wildman–Crippen MR) is 131 cm³/mol. The van der Waals surface area contributed by atoms with Gasteiger partial charge in [0.1, 0.15) is 5.69 Å². The van der Waals surface area contributed by atoms with Gasteiger partial charge in [-0.15, -0.1) is 0 Å². The maximum atomic E-state index is 12.4. The quantitative estimate of drug-likeness (QED) is 0.358. The molecule has 3 aromatic carbocycles. The van der Waals surface area contributed by atoms with Gasteiger partial charge in [-0.2, -0.15) is 0 Å². The zero-order valence-corrected chi connectivity index (χ0v) is 19.0. The molecule has 0 bridgehead atoms. The van der Waals surface area contributed by atoms with Crippen LogP contribution in [-0.4, -0.2) is 22.2 Å². The van der Waals surface area contributed by atoms with Crippen LogP contribution in [0.4, 0.5) is 0 Å². The molecule has 0 amide bonds. The van der Waals surface area contributed by atoms with Crippen LogP contribution in [-0.2, 0) is 19.5 Å². The van der Waals surface area contributed by atoms with Crippen LogP contribution < -0.4 is 5.32 Å². The molecule has 1 heterocycles. The third-order valence-electron chi connectivity index (χ3n) is 6.13. The number of carboxylic acids is 1. The van der Waals surface area contributed by atoms with Crippen molar-refractivity contribution < 1.29 is 9.90 Å². The largest absolute Gasteiger partial charge is 0.477 e. The van der Waals surface area contributed by atoms with E-state index in [1.165, 1.54) is 11.1 Å². The molecule has 0 saturated heterocycles.